The number of rotatable bonds is 3. The molecule has 0 spiro atoms. The van der Waals surface area contributed by atoms with Crippen molar-refractivity contribution < 1.29 is 14.3 Å². The lowest BCUT2D eigenvalue weighted by Gasteiger charge is -2.14. The second-order valence-electron chi connectivity index (χ2n) is 4.45. The van der Waals surface area contributed by atoms with Gasteiger partial charge in [-0.15, -0.1) is 0 Å². The van der Waals surface area contributed by atoms with Crippen molar-refractivity contribution in [1.29, 1.82) is 0 Å². The van der Waals surface area contributed by atoms with Crippen molar-refractivity contribution in [2.45, 2.75) is 13.8 Å². The van der Waals surface area contributed by atoms with Crippen LogP contribution < -0.4 is 10.5 Å². The molecule has 0 unspecified atom stereocenters. The fourth-order valence-corrected chi connectivity index (χ4v) is 1.84. The molecule has 5 heteroatoms. The zero-order valence-corrected chi connectivity index (χ0v) is 11.2. The third-order valence-electron chi connectivity index (χ3n) is 2.96. The summed E-state index contributed by atoms with van der Waals surface area (Å²) in [4.78, 5) is 0. The van der Waals surface area contributed by atoms with Gasteiger partial charge in [0.2, 0.25) is 0 Å². The fraction of sp³-hybridized carbons (Fsp3) is 0.133. The fourth-order valence-electron chi connectivity index (χ4n) is 1.84. The van der Waals surface area contributed by atoms with Gasteiger partial charge in [0.15, 0.2) is 5.84 Å². The largest absolute Gasteiger partial charge is 0.456 e. The van der Waals surface area contributed by atoms with Crippen molar-refractivity contribution in [2.24, 2.45) is 10.9 Å². The molecule has 3 N–H and O–H groups in total. The third kappa shape index (κ3) is 2.71. The van der Waals surface area contributed by atoms with E-state index in [0.29, 0.717) is 17.1 Å². The molecule has 0 saturated heterocycles. The van der Waals surface area contributed by atoms with Crippen LogP contribution in [0, 0.1) is 19.7 Å². The average molecular weight is 274 g/mol. The summed E-state index contributed by atoms with van der Waals surface area (Å²) in [6, 6.07) is 9.58. The Balaban J connectivity index is 2.50. The van der Waals surface area contributed by atoms with Crippen LogP contribution in [0.25, 0.3) is 0 Å². The standard InChI is InChI=1S/C15H15FN2O2/c1-9-6-7-11(16)8-13(9)20-14-10(2)4-3-5-12(14)15(17)18-19/h3-8,19H,1-2H3,(H2,17,18). The molecule has 20 heavy (non-hydrogen) atoms. The topological polar surface area (TPSA) is 67.8 Å². The minimum atomic E-state index is -0.385. The second kappa shape index (κ2) is 5.61. The summed E-state index contributed by atoms with van der Waals surface area (Å²) in [5.74, 6) is 0.394. The highest BCUT2D eigenvalue weighted by atomic mass is 19.1. The zero-order valence-electron chi connectivity index (χ0n) is 11.2. The van der Waals surface area contributed by atoms with E-state index in [4.69, 9.17) is 15.7 Å². The molecular weight excluding hydrogens is 259 g/mol. The van der Waals surface area contributed by atoms with Crippen LogP contribution in [0.3, 0.4) is 0 Å². The van der Waals surface area contributed by atoms with Crippen LogP contribution in [0.1, 0.15) is 16.7 Å². The van der Waals surface area contributed by atoms with E-state index < -0.39 is 0 Å². The summed E-state index contributed by atoms with van der Waals surface area (Å²) in [7, 11) is 0. The van der Waals surface area contributed by atoms with E-state index >= 15 is 0 Å². The minimum Gasteiger partial charge on any atom is -0.456 e. The molecule has 0 aromatic heterocycles. The normalized spacial score (nSPS) is 11.4. The van der Waals surface area contributed by atoms with Gasteiger partial charge < -0.3 is 15.7 Å². The molecule has 0 saturated carbocycles. The van der Waals surface area contributed by atoms with Crippen LogP contribution in [-0.4, -0.2) is 11.0 Å². The van der Waals surface area contributed by atoms with Crippen LogP contribution in [-0.2, 0) is 0 Å². The van der Waals surface area contributed by atoms with Crippen LogP contribution >= 0.6 is 0 Å². The number of nitrogens with two attached hydrogens (primary N) is 1. The van der Waals surface area contributed by atoms with Gasteiger partial charge >= 0.3 is 0 Å². The van der Waals surface area contributed by atoms with E-state index in [0.717, 1.165) is 11.1 Å². The summed E-state index contributed by atoms with van der Waals surface area (Å²) < 4.78 is 19.1. The molecule has 0 radical (unpaired) electrons. The number of oxime groups is 1. The second-order valence-corrected chi connectivity index (χ2v) is 4.45. The molecule has 0 aliphatic heterocycles. The highest BCUT2D eigenvalue weighted by molar-refractivity contribution is 6.00. The van der Waals surface area contributed by atoms with Gasteiger partial charge in [-0.3, -0.25) is 0 Å². The zero-order chi connectivity index (χ0) is 14.7. The molecular formula is C15H15FN2O2. The predicted octanol–water partition coefficient (Wildman–Crippen LogP) is 3.33. The summed E-state index contributed by atoms with van der Waals surface area (Å²) in [5.41, 5.74) is 7.68. The molecule has 0 bridgehead atoms. The monoisotopic (exact) mass is 274 g/mol. The number of para-hydroxylation sites is 1. The number of amidine groups is 1. The Hall–Kier alpha value is -2.56. The Morgan fingerprint density at radius 3 is 2.65 bits per heavy atom. The highest BCUT2D eigenvalue weighted by Gasteiger charge is 2.13. The van der Waals surface area contributed by atoms with E-state index in [1.54, 1.807) is 18.2 Å². The van der Waals surface area contributed by atoms with Crippen molar-refractivity contribution in [3.8, 4) is 11.5 Å². The van der Waals surface area contributed by atoms with Gasteiger partial charge in [-0.05, 0) is 37.1 Å². The maximum absolute atomic E-state index is 13.3. The van der Waals surface area contributed by atoms with Crippen molar-refractivity contribution in [2.75, 3.05) is 0 Å². The number of aryl methyl sites for hydroxylation is 2. The predicted molar refractivity (Wildman–Crippen MR) is 74.9 cm³/mol. The SMILES string of the molecule is Cc1ccc(F)cc1Oc1c(C)cccc1/C(N)=N/O. The lowest BCUT2D eigenvalue weighted by molar-refractivity contribution is 0.318. The molecule has 0 amide bonds. The number of benzene rings is 2. The van der Waals surface area contributed by atoms with Crippen LogP contribution in [0.4, 0.5) is 4.39 Å². The first-order chi connectivity index (χ1) is 9.52. The third-order valence-corrected chi connectivity index (χ3v) is 2.96. The number of halogens is 1. The Kier molecular flexibility index (Phi) is 3.89. The molecule has 0 aliphatic carbocycles. The van der Waals surface area contributed by atoms with Crippen molar-refractivity contribution in [3.63, 3.8) is 0 Å². The Morgan fingerprint density at radius 2 is 1.95 bits per heavy atom. The van der Waals surface area contributed by atoms with Gasteiger partial charge in [0.25, 0.3) is 0 Å². The smallest absolute Gasteiger partial charge is 0.173 e. The lowest BCUT2D eigenvalue weighted by atomic mass is 10.1. The summed E-state index contributed by atoms with van der Waals surface area (Å²) in [6.07, 6.45) is 0. The maximum Gasteiger partial charge on any atom is 0.173 e. The highest BCUT2D eigenvalue weighted by Crippen LogP contribution is 2.31. The first kappa shape index (κ1) is 13.9. The number of ether oxygens (including phenoxy) is 1. The molecule has 0 atom stereocenters. The van der Waals surface area contributed by atoms with E-state index in [9.17, 15) is 4.39 Å². The minimum absolute atomic E-state index is 0.0576. The molecule has 4 nitrogen and oxygen atoms in total. The summed E-state index contributed by atoms with van der Waals surface area (Å²) >= 11 is 0. The van der Waals surface area contributed by atoms with E-state index in [1.165, 1.54) is 12.1 Å². The molecule has 104 valence electrons. The van der Waals surface area contributed by atoms with Gasteiger partial charge in [-0.2, -0.15) is 0 Å². The first-order valence-corrected chi connectivity index (χ1v) is 6.04. The van der Waals surface area contributed by atoms with Gasteiger partial charge in [0.1, 0.15) is 17.3 Å². The van der Waals surface area contributed by atoms with Crippen molar-refractivity contribution in [3.05, 3.63) is 58.9 Å². The van der Waals surface area contributed by atoms with Gasteiger partial charge in [-0.25, -0.2) is 4.39 Å². The molecule has 0 fully saturated rings. The Bertz CT molecular complexity index is 669. The van der Waals surface area contributed by atoms with E-state index in [2.05, 4.69) is 5.16 Å². The average Bonchev–Trinajstić information content (AvgIpc) is 2.44. The number of hydrogen-bond donors (Lipinski definition) is 2. The van der Waals surface area contributed by atoms with Gasteiger partial charge in [0, 0.05) is 6.07 Å². The van der Waals surface area contributed by atoms with Gasteiger partial charge in [0.05, 0.1) is 5.56 Å². The Labute approximate surface area is 116 Å². The first-order valence-electron chi connectivity index (χ1n) is 6.04. The van der Waals surface area contributed by atoms with Crippen LogP contribution in [0.5, 0.6) is 11.5 Å². The molecule has 0 heterocycles. The number of nitrogens with zero attached hydrogens (tertiary/aromatic N) is 1. The quantitative estimate of drug-likeness (QED) is 0.390. The van der Waals surface area contributed by atoms with Gasteiger partial charge in [-0.1, -0.05) is 23.4 Å². The van der Waals surface area contributed by atoms with Crippen molar-refractivity contribution >= 4 is 5.84 Å². The molecule has 2 aromatic carbocycles. The summed E-state index contributed by atoms with van der Waals surface area (Å²) in [5, 5.41) is 11.8. The lowest BCUT2D eigenvalue weighted by Crippen LogP contribution is -2.14. The number of hydrogen-bond acceptors (Lipinski definition) is 3. The van der Waals surface area contributed by atoms with E-state index in [1.807, 2.05) is 19.9 Å². The van der Waals surface area contributed by atoms with Crippen molar-refractivity contribution in [1.82, 2.24) is 0 Å². The molecule has 2 rings (SSSR count). The maximum atomic E-state index is 13.3. The Morgan fingerprint density at radius 1 is 1.20 bits per heavy atom. The van der Waals surface area contributed by atoms with Crippen LogP contribution in [0.2, 0.25) is 0 Å². The van der Waals surface area contributed by atoms with E-state index in [-0.39, 0.29) is 11.7 Å². The molecule has 0 aliphatic rings. The molecule has 2 aromatic rings. The summed E-state index contributed by atoms with van der Waals surface area (Å²) in [6.45, 7) is 3.65. The van der Waals surface area contributed by atoms with Crippen LogP contribution in [0.15, 0.2) is 41.6 Å².